The summed E-state index contributed by atoms with van der Waals surface area (Å²) in [5, 5.41) is 2.83. The summed E-state index contributed by atoms with van der Waals surface area (Å²) in [6, 6.07) is 16.9. The van der Waals surface area contributed by atoms with Gasteiger partial charge in [-0.2, -0.15) is 13.2 Å². The van der Waals surface area contributed by atoms with Gasteiger partial charge < -0.3 is 10.2 Å². The average molecular weight is 506 g/mol. The SMILES string of the molecule is O=C(Nc1ccc(C2CCN(C(=O)c3ccnc(C(F)(F)F)c3)CC2)cc1)c1cnc2ccccc2n1. The highest BCUT2D eigenvalue weighted by atomic mass is 19.4. The van der Waals surface area contributed by atoms with Crippen LogP contribution >= 0.6 is 0 Å². The standard InChI is InChI=1S/C27H22F3N5O2/c28-27(29,30)24-15-19(9-12-31-24)26(37)35-13-10-18(11-14-35)17-5-7-20(8-6-17)33-25(36)23-16-32-21-3-1-2-4-22(21)34-23/h1-9,12,15-16,18H,10-11,13-14H2,(H,33,36). The third kappa shape index (κ3) is 5.42. The number of para-hydroxylation sites is 2. The van der Waals surface area contributed by atoms with Crippen LogP contribution in [0.4, 0.5) is 18.9 Å². The Morgan fingerprint density at radius 1 is 0.919 bits per heavy atom. The first-order valence-corrected chi connectivity index (χ1v) is 11.7. The minimum Gasteiger partial charge on any atom is -0.339 e. The van der Waals surface area contributed by atoms with Crippen LogP contribution in [-0.2, 0) is 6.18 Å². The smallest absolute Gasteiger partial charge is 0.339 e. The molecule has 1 fully saturated rings. The van der Waals surface area contributed by atoms with Gasteiger partial charge in [-0.15, -0.1) is 0 Å². The van der Waals surface area contributed by atoms with Gasteiger partial charge in [0.05, 0.1) is 17.2 Å². The van der Waals surface area contributed by atoms with Crippen molar-refractivity contribution in [3.05, 3.63) is 95.6 Å². The summed E-state index contributed by atoms with van der Waals surface area (Å²) in [5.74, 6) is -0.591. The lowest BCUT2D eigenvalue weighted by atomic mass is 9.89. The van der Waals surface area contributed by atoms with Crippen LogP contribution in [0.25, 0.3) is 11.0 Å². The van der Waals surface area contributed by atoms with Gasteiger partial charge in [0, 0.05) is 30.5 Å². The van der Waals surface area contributed by atoms with E-state index in [4.69, 9.17) is 0 Å². The van der Waals surface area contributed by atoms with E-state index >= 15 is 0 Å². The summed E-state index contributed by atoms with van der Waals surface area (Å²) in [4.78, 5) is 38.9. The Morgan fingerprint density at radius 3 is 2.32 bits per heavy atom. The molecule has 2 aromatic carbocycles. The van der Waals surface area contributed by atoms with E-state index in [0.717, 1.165) is 17.8 Å². The number of aromatic nitrogens is 3. The molecule has 3 heterocycles. The Hall–Kier alpha value is -4.34. The van der Waals surface area contributed by atoms with Crippen LogP contribution in [0.5, 0.6) is 0 Å². The number of pyridine rings is 1. The predicted molar refractivity (Wildman–Crippen MR) is 131 cm³/mol. The molecule has 0 aliphatic carbocycles. The van der Waals surface area contributed by atoms with Gasteiger partial charge >= 0.3 is 6.18 Å². The van der Waals surface area contributed by atoms with Crippen LogP contribution in [0.1, 0.15) is 50.9 Å². The zero-order chi connectivity index (χ0) is 26.0. The molecule has 0 saturated carbocycles. The van der Waals surface area contributed by atoms with Crippen LogP contribution in [0.15, 0.2) is 73.1 Å². The number of amides is 2. The summed E-state index contributed by atoms with van der Waals surface area (Å²) in [7, 11) is 0. The Kier molecular flexibility index (Phi) is 6.56. The van der Waals surface area contributed by atoms with E-state index in [-0.39, 0.29) is 23.1 Å². The highest BCUT2D eigenvalue weighted by molar-refractivity contribution is 6.03. The summed E-state index contributed by atoms with van der Waals surface area (Å²) >= 11 is 0. The zero-order valence-electron chi connectivity index (χ0n) is 19.6. The first-order valence-electron chi connectivity index (χ1n) is 11.7. The number of carbonyl (C=O) groups is 2. The molecule has 188 valence electrons. The number of likely N-dealkylation sites (tertiary alicyclic amines) is 1. The lowest BCUT2D eigenvalue weighted by Crippen LogP contribution is -2.38. The predicted octanol–water partition coefficient (Wildman–Crippen LogP) is 5.32. The number of piperidine rings is 1. The van der Waals surface area contributed by atoms with Crippen molar-refractivity contribution in [1.82, 2.24) is 19.9 Å². The van der Waals surface area contributed by atoms with Crippen LogP contribution in [0.2, 0.25) is 0 Å². The second-order valence-corrected chi connectivity index (χ2v) is 8.81. The van der Waals surface area contributed by atoms with Crippen molar-refractivity contribution in [2.24, 2.45) is 0 Å². The number of nitrogens with zero attached hydrogens (tertiary/aromatic N) is 4. The summed E-state index contributed by atoms with van der Waals surface area (Å²) in [6.45, 7) is 0.874. The second kappa shape index (κ2) is 9.96. The van der Waals surface area contributed by atoms with Crippen molar-refractivity contribution in [1.29, 1.82) is 0 Å². The summed E-state index contributed by atoms with van der Waals surface area (Å²) < 4.78 is 38.8. The minimum absolute atomic E-state index is 0.0167. The monoisotopic (exact) mass is 505 g/mol. The highest BCUT2D eigenvalue weighted by Gasteiger charge is 2.33. The molecule has 1 N–H and O–H groups in total. The molecule has 4 aromatic rings. The maximum atomic E-state index is 12.9. The molecule has 0 radical (unpaired) electrons. The molecule has 10 heteroatoms. The Balaban J connectivity index is 1.18. The lowest BCUT2D eigenvalue weighted by molar-refractivity contribution is -0.141. The number of hydrogen-bond donors (Lipinski definition) is 1. The summed E-state index contributed by atoms with van der Waals surface area (Å²) in [6.07, 6.45) is -0.785. The van der Waals surface area contributed by atoms with E-state index in [9.17, 15) is 22.8 Å². The zero-order valence-corrected chi connectivity index (χ0v) is 19.6. The molecule has 1 aliphatic heterocycles. The molecule has 0 atom stereocenters. The van der Waals surface area contributed by atoms with E-state index in [2.05, 4.69) is 20.3 Å². The number of halogens is 3. The fraction of sp³-hybridized carbons (Fsp3) is 0.222. The van der Waals surface area contributed by atoms with Crippen molar-refractivity contribution in [2.45, 2.75) is 24.9 Å². The molecule has 5 rings (SSSR count). The van der Waals surface area contributed by atoms with Crippen molar-refractivity contribution < 1.29 is 22.8 Å². The Morgan fingerprint density at radius 2 is 1.62 bits per heavy atom. The van der Waals surface area contributed by atoms with E-state index in [1.54, 1.807) is 11.0 Å². The number of carbonyl (C=O) groups excluding carboxylic acids is 2. The van der Waals surface area contributed by atoms with Crippen LogP contribution in [0, 0.1) is 0 Å². The van der Waals surface area contributed by atoms with Gasteiger partial charge in [0.2, 0.25) is 0 Å². The molecule has 1 saturated heterocycles. The number of fused-ring (bicyclic) bond motifs is 1. The number of hydrogen-bond acceptors (Lipinski definition) is 5. The highest BCUT2D eigenvalue weighted by Crippen LogP contribution is 2.31. The number of alkyl halides is 3. The molecular weight excluding hydrogens is 483 g/mol. The van der Waals surface area contributed by atoms with Crippen molar-refractivity contribution >= 4 is 28.5 Å². The molecule has 1 aliphatic rings. The maximum absolute atomic E-state index is 12.9. The third-order valence-corrected chi connectivity index (χ3v) is 6.40. The van der Waals surface area contributed by atoms with E-state index in [1.165, 1.54) is 12.3 Å². The topological polar surface area (TPSA) is 88.1 Å². The van der Waals surface area contributed by atoms with Gasteiger partial charge in [-0.3, -0.25) is 19.6 Å². The molecule has 0 spiro atoms. The number of rotatable bonds is 4. The number of benzene rings is 2. The minimum atomic E-state index is -4.60. The first kappa shape index (κ1) is 24.4. The number of nitrogens with one attached hydrogen (secondary N) is 1. The van der Waals surface area contributed by atoms with Gasteiger partial charge in [-0.25, -0.2) is 4.98 Å². The fourth-order valence-electron chi connectivity index (χ4n) is 4.42. The molecule has 2 amide bonds. The molecule has 2 aromatic heterocycles. The third-order valence-electron chi connectivity index (χ3n) is 6.40. The average Bonchev–Trinajstić information content (AvgIpc) is 2.92. The summed E-state index contributed by atoms with van der Waals surface area (Å²) in [5.41, 5.74) is 2.16. The maximum Gasteiger partial charge on any atom is 0.433 e. The molecule has 0 unspecified atom stereocenters. The van der Waals surface area contributed by atoms with Crippen molar-refractivity contribution in [3.63, 3.8) is 0 Å². The van der Waals surface area contributed by atoms with E-state index in [1.807, 2.05) is 42.5 Å². The van der Waals surface area contributed by atoms with E-state index in [0.29, 0.717) is 42.7 Å². The quantitative estimate of drug-likeness (QED) is 0.406. The number of anilines is 1. The van der Waals surface area contributed by atoms with Crippen molar-refractivity contribution in [2.75, 3.05) is 18.4 Å². The van der Waals surface area contributed by atoms with Crippen LogP contribution in [0.3, 0.4) is 0 Å². The Labute approximate surface area is 210 Å². The Bertz CT molecular complexity index is 1450. The van der Waals surface area contributed by atoms with Crippen molar-refractivity contribution in [3.8, 4) is 0 Å². The van der Waals surface area contributed by atoms with Crippen LogP contribution in [-0.4, -0.2) is 44.8 Å². The largest absolute Gasteiger partial charge is 0.433 e. The second-order valence-electron chi connectivity index (χ2n) is 8.81. The molecule has 7 nitrogen and oxygen atoms in total. The molecular formula is C27H22F3N5O2. The molecule has 0 bridgehead atoms. The van der Waals surface area contributed by atoms with E-state index < -0.39 is 17.8 Å². The first-order chi connectivity index (χ1) is 17.8. The lowest BCUT2D eigenvalue weighted by Gasteiger charge is -2.32. The molecule has 37 heavy (non-hydrogen) atoms. The van der Waals surface area contributed by atoms with Gasteiger partial charge in [0.25, 0.3) is 11.8 Å². The van der Waals surface area contributed by atoms with Gasteiger partial charge in [-0.05, 0) is 60.7 Å². The normalized spacial score (nSPS) is 14.5. The van der Waals surface area contributed by atoms with Gasteiger partial charge in [-0.1, -0.05) is 24.3 Å². The van der Waals surface area contributed by atoms with Gasteiger partial charge in [0.1, 0.15) is 11.4 Å². The van der Waals surface area contributed by atoms with Gasteiger partial charge in [0.15, 0.2) is 0 Å². The fourth-order valence-corrected chi connectivity index (χ4v) is 4.42. The van der Waals surface area contributed by atoms with Crippen LogP contribution < -0.4 is 5.32 Å².